The zero-order chi connectivity index (χ0) is 16.0. The largest absolute Gasteiger partial charge is 0.484 e. The minimum Gasteiger partial charge on any atom is -0.484 e. The monoisotopic (exact) mass is 356 g/mol. The number of likely N-dealkylation sites (N-methyl/N-ethyl adjacent to an activating group) is 2. The van der Waals surface area contributed by atoms with Crippen LogP contribution in [-0.4, -0.2) is 55.0 Å². The van der Waals surface area contributed by atoms with E-state index < -0.39 is 0 Å². The molecule has 5 heteroatoms. The van der Waals surface area contributed by atoms with E-state index in [1.807, 2.05) is 31.3 Å². The molecule has 1 aromatic carbocycles. The zero-order valence-corrected chi connectivity index (χ0v) is 15.1. The maximum atomic E-state index is 12.0. The van der Waals surface area contributed by atoms with Crippen LogP contribution in [-0.2, 0) is 4.79 Å². The lowest BCUT2D eigenvalue weighted by Gasteiger charge is -2.33. The van der Waals surface area contributed by atoms with Gasteiger partial charge in [-0.1, -0.05) is 15.9 Å². The van der Waals surface area contributed by atoms with Crippen molar-refractivity contribution < 1.29 is 9.53 Å². The number of halogens is 1. The molecule has 0 aromatic heterocycles. The van der Waals surface area contributed by atoms with Crippen molar-refractivity contribution in [2.75, 3.05) is 33.8 Å². The molecule has 0 heterocycles. The Morgan fingerprint density at radius 1 is 1.14 bits per heavy atom. The van der Waals surface area contributed by atoms with Gasteiger partial charge < -0.3 is 9.64 Å². The molecule has 0 aliphatic rings. The van der Waals surface area contributed by atoms with E-state index >= 15 is 0 Å². The van der Waals surface area contributed by atoms with Crippen molar-refractivity contribution in [3.63, 3.8) is 0 Å². The van der Waals surface area contributed by atoms with Crippen molar-refractivity contribution in [1.29, 1.82) is 0 Å². The smallest absolute Gasteiger partial charge is 0.260 e. The first-order chi connectivity index (χ1) is 9.70. The Hall–Kier alpha value is -1.07. The number of benzene rings is 1. The lowest BCUT2D eigenvalue weighted by atomic mass is 10.1. The van der Waals surface area contributed by atoms with Crippen LogP contribution < -0.4 is 4.74 Å². The summed E-state index contributed by atoms with van der Waals surface area (Å²) in [6.45, 7) is 8.07. The number of amides is 1. The van der Waals surface area contributed by atoms with Gasteiger partial charge in [-0.25, -0.2) is 0 Å². The third kappa shape index (κ3) is 6.48. The van der Waals surface area contributed by atoms with Gasteiger partial charge in [-0.15, -0.1) is 0 Å². The van der Waals surface area contributed by atoms with Crippen molar-refractivity contribution in [1.82, 2.24) is 9.80 Å². The molecule has 4 nitrogen and oxygen atoms in total. The number of ether oxygens (including phenoxy) is 1. The predicted molar refractivity (Wildman–Crippen MR) is 89.7 cm³/mol. The zero-order valence-electron chi connectivity index (χ0n) is 13.5. The van der Waals surface area contributed by atoms with Crippen molar-refractivity contribution in [3.8, 4) is 5.75 Å². The fraction of sp³-hybridized carbons (Fsp3) is 0.562. The Bertz CT molecular complexity index is 454. The van der Waals surface area contributed by atoms with Gasteiger partial charge in [0.1, 0.15) is 5.75 Å². The van der Waals surface area contributed by atoms with Crippen LogP contribution in [0.15, 0.2) is 28.7 Å². The van der Waals surface area contributed by atoms with Gasteiger partial charge in [-0.2, -0.15) is 0 Å². The molecule has 0 bridgehead atoms. The van der Waals surface area contributed by atoms with Gasteiger partial charge in [0.25, 0.3) is 5.91 Å². The third-order valence-electron chi connectivity index (χ3n) is 3.52. The van der Waals surface area contributed by atoms with Crippen LogP contribution in [0.5, 0.6) is 5.75 Å². The van der Waals surface area contributed by atoms with Crippen LogP contribution in [0.2, 0.25) is 0 Å². The van der Waals surface area contributed by atoms with Gasteiger partial charge >= 0.3 is 0 Å². The minimum absolute atomic E-state index is 0.0137. The predicted octanol–water partition coefficient (Wildman–Crippen LogP) is 3.02. The molecule has 118 valence electrons. The topological polar surface area (TPSA) is 32.8 Å². The SMILES string of the molecule is CN(CCN(C)C(C)(C)C)C(=O)COc1ccc(Br)cc1. The van der Waals surface area contributed by atoms with E-state index in [1.165, 1.54) is 0 Å². The van der Waals surface area contributed by atoms with Crippen LogP contribution in [0.3, 0.4) is 0 Å². The molecule has 0 saturated carbocycles. The van der Waals surface area contributed by atoms with Crippen molar-refractivity contribution in [2.24, 2.45) is 0 Å². The fourth-order valence-corrected chi connectivity index (χ4v) is 1.81. The molecule has 0 N–H and O–H groups in total. The summed E-state index contributed by atoms with van der Waals surface area (Å²) < 4.78 is 6.48. The van der Waals surface area contributed by atoms with Crippen LogP contribution in [0.25, 0.3) is 0 Å². The van der Waals surface area contributed by atoms with Crippen molar-refractivity contribution in [2.45, 2.75) is 26.3 Å². The minimum atomic E-state index is -0.0137. The van der Waals surface area contributed by atoms with Gasteiger partial charge in [0.05, 0.1) is 0 Å². The van der Waals surface area contributed by atoms with Gasteiger partial charge in [0, 0.05) is 30.1 Å². The molecule has 0 atom stereocenters. The lowest BCUT2D eigenvalue weighted by molar-refractivity contribution is -0.132. The van der Waals surface area contributed by atoms with Crippen LogP contribution in [0, 0.1) is 0 Å². The molecule has 21 heavy (non-hydrogen) atoms. The molecule has 0 saturated heterocycles. The van der Waals surface area contributed by atoms with E-state index in [1.54, 1.807) is 4.90 Å². The van der Waals surface area contributed by atoms with E-state index in [0.717, 1.165) is 11.0 Å². The molecule has 0 aliphatic carbocycles. The number of carbonyl (C=O) groups excluding carboxylic acids is 1. The van der Waals surface area contributed by atoms with Crippen LogP contribution in [0.1, 0.15) is 20.8 Å². The number of rotatable bonds is 6. The van der Waals surface area contributed by atoms with Gasteiger partial charge in [-0.3, -0.25) is 9.69 Å². The summed E-state index contributed by atoms with van der Waals surface area (Å²) >= 11 is 3.36. The second kappa shape index (κ2) is 7.80. The molecule has 0 fully saturated rings. The second-order valence-corrected chi connectivity index (χ2v) is 7.07. The highest BCUT2D eigenvalue weighted by Gasteiger charge is 2.18. The fourth-order valence-electron chi connectivity index (χ4n) is 1.55. The maximum Gasteiger partial charge on any atom is 0.260 e. The third-order valence-corrected chi connectivity index (χ3v) is 4.05. The molecule has 0 spiro atoms. The average molecular weight is 357 g/mol. The Morgan fingerprint density at radius 3 is 2.24 bits per heavy atom. The Kier molecular flexibility index (Phi) is 6.68. The first-order valence-corrected chi connectivity index (χ1v) is 7.83. The Morgan fingerprint density at radius 2 is 1.71 bits per heavy atom. The van der Waals surface area contributed by atoms with Crippen LogP contribution in [0.4, 0.5) is 0 Å². The molecule has 0 radical (unpaired) electrons. The van der Waals surface area contributed by atoms with E-state index in [9.17, 15) is 4.79 Å². The van der Waals surface area contributed by atoms with Gasteiger partial charge in [0.2, 0.25) is 0 Å². The van der Waals surface area contributed by atoms with Gasteiger partial charge in [-0.05, 0) is 52.1 Å². The van der Waals surface area contributed by atoms with E-state index in [-0.39, 0.29) is 18.1 Å². The Labute approximate surface area is 136 Å². The molecule has 1 amide bonds. The summed E-state index contributed by atoms with van der Waals surface area (Å²) in [5.41, 5.74) is 0.109. The highest BCUT2D eigenvalue weighted by atomic mass is 79.9. The summed E-state index contributed by atoms with van der Waals surface area (Å²) in [7, 11) is 3.88. The second-order valence-electron chi connectivity index (χ2n) is 6.15. The molecule has 1 rings (SSSR count). The standard InChI is InChI=1S/C16H25BrN2O2/c1-16(2,3)19(5)11-10-18(4)15(20)12-21-14-8-6-13(17)7-9-14/h6-9H,10-12H2,1-5H3. The maximum absolute atomic E-state index is 12.0. The number of hydrogen-bond donors (Lipinski definition) is 0. The molecular formula is C16H25BrN2O2. The summed E-state index contributed by atoms with van der Waals surface area (Å²) in [6, 6.07) is 7.46. The van der Waals surface area contributed by atoms with Crippen molar-refractivity contribution in [3.05, 3.63) is 28.7 Å². The molecular weight excluding hydrogens is 332 g/mol. The quantitative estimate of drug-likeness (QED) is 0.785. The normalized spacial score (nSPS) is 11.6. The van der Waals surface area contributed by atoms with E-state index in [2.05, 4.69) is 48.6 Å². The Balaban J connectivity index is 2.36. The number of carbonyl (C=O) groups is 1. The molecule has 1 aromatic rings. The summed E-state index contributed by atoms with van der Waals surface area (Å²) in [4.78, 5) is 16.0. The van der Waals surface area contributed by atoms with Crippen LogP contribution >= 0.6 is 15.9 Å². The van der Waals surface area contributed by atoms with E-state index in [4.69, 9.17) is 4.74 Å². The summed E-state index contributed by atoms with van der Waals surface area (Å²) in [5, 5.41) is 0. The van der Waals surface area contributed by atoms with Gasteiger partial charge in [0.15, 0.2) is 6.61 Å². The first kappa shape index (κ1) is 18.0. The lowest BCUT2D eigenvalue weighted by Crippen LogP contribution is -2.44. The summed E-state index contributed by atoms with van der Waals surface area (Å²) in [5.74, 6) is 0.687. The average Bonchev–Trinajstić information content (AvgIpc) is 2.42. The van der Waals surface area contributed by atoms with Crippen molar-refractivity contribution >= 4 is 21.8 Å². The molecule has 0 aliphatic heterocycles. The number of hydrogen-bond acceptors (Lipinski definition) is 3. The van der Waals surface area contributed by atoms with E-state index in [0.29, 0.717) is 12.3 Å². The molecule has 0 unspecified atom stereocenters. The first-order valence-electron chi connectivity index (χ1n) is 7.03. The highest BCUT2D eigenvalue weighted by molar-refractivity contribution is 9.10. The number of nitrogens with zero attached hydrogens (tertiary/aromatic N) is 2. The summed E-state index contributed by atoms with van der Waals surface area (Å²) in [6.07, 6.45) is 0. The highest BCUT2D eigenvalue weighted by Crippen LogP contribution is 2.16.